The Labute approximate surface area is 163 Å². The minimum atomic E-state index is -5.25. The Bertz CT molecular complexity index is 431. The van der Waals surface area contributed by atoms with E-state index in [-0.39, 0.29) is 27.7 Å². The Morgan fingerprint density at radius 3 is 0.633 bits per heavy atom. The van der Waals surface area contributed by atoms with Crippen molar-refractivity contribution in [2.24, 2.45) is 0 Å². The van der Waals surface area contributed by atoms with Gasteiger partial charge in [-0.25, -0.2) is 0 Å². The zero-order chi connectivity index (χ0) is 24.3. The molecule has 0 amide bonds. The quantitative estimate of drug-likeness (QED) is 0.352. The SMILES string of the molecule is CC(OB(OC(C)C(F)(F)F)B(OC(C)C(F)(F)F)O[C@@H](C)C(F)(F)F)C(F)(F)F. The molecule has 0 aromatic rings. The summed E-state index contributed by atoms with van der Waals surface area (Å²) in [5, 5.41) is 0. The highest BCUT2D eigenvalue weighted by molar-refractivity contribution is 7.10. The molecule has 0 aliphatic carbocycles. The van der Waals surface area contributed by atoms with Crippen molar-refractivity contribution in [3.05, 3.63) is 0 Å². The maximum Gasteiger partial charge on any atom is 0.488 e. The third-order valence-electron chi connectivity index (χ3n) is 3.42. The molecule has 4 nitrogen and oxygen atoms in total. The Morgan fingerprint density at radius 2 is 0.533 bits per heavy atom. The summed E-state index contributed by atoms with van der Waals surface area (Å²) < 4.78 is 169. The van der Waals surface area contributed by atoms with E-state index in [4.69, 9.17) is 0 Å². The normalized spacial score (nSPS) is 18.0. The number of hydrogen-bond acceptors (Lipinski definition) is 4. The van der Waals surface area contributed by atoms with Crippen LogP contribution >= 0.6 is 0 Å². The zero-order valence-corrected chi connectivity index (χ0v) is 15.6. The average Bonchev–Trinajstić information content (AvgIpc) is 2.49. The van der Waals surface area contributed by atoms with E-state index >= 15 is 0 Å². The highest BCUT2D eigenvalue weighted by Gasteiger charge is 2.54. The van der Waals surface area contributed by atoms with Gasteiger partial charge in [-0.3, -0.25) is 0 Å². The summed E-state index contributed by atoms with van der Waals surface area (Å²) in [5.74, 6) is 0. The number of halogens is 12. The largest absolute Gasteiger partial charge is 0.488 e. The van der Waals surface area contributed by atoms with Crippen molar-refractivity contribution in [2.75, 3.05) is 0 Å². The minimum Gasteiger partial charge on any atom is -0.402 e. The van der Waals surface area contributed by atoms with Gasteiger partial charge in [0.15, 0.2) is 0 Å². The lowest BCUT2D eigenvalue weighted by Crippen LogP contribution is -2.56. The number of rotatable bonds is 9. The molecule has 0 heterocycles. The molecule has 0 rings (SSSR count). The predicted octanol–water partition coefficient (Wildman–Crippen LogP) is 4.91. The highest BCUT2D eigenvalue weighted by atomic mass is 19.4. The predicted molar refractivity (Wildman–Crippen MR) is 77.9 cm³/mol. The second-order valence-electron chi connectivity index (χ2n) is 6.02. The van der Waals surface area contributed by atoms with Gasteiger partial charge in [-0.15, -0.1) is 0 Å². The topological polar surface area (TPSA) is 36.9 Å². The monoisotopic (exact) mass is 474 g/mol. The van der Waals surface area contributed by atoms with Crippen LogP contribution in [0.5, 0.6) is 0 Å². The lowest BCUT2D eigenvalue weighted by Gasteiger charge is -2.31. The van der Waals surface area contributed by atoms with Gasteiger partial charge in [-0.05, 0) is 27.7 Å². The van der Waals surface area contributed by atoms with Crippen molar-refractivity contribution in [1.82, 2.24) is 0 Å². The second-order valence-corrected chi connectivity index (χ2v) is 6.02. The maximum atomic E-state index is 12.7. The molecule has 178 valence electrons. The standard InChI is InChI=1S/C12H16B2F12O4/c1-5(9(15,16)17)27-13(28-6(2)10(18,19)20)14(29-7(3)11(21,22)23)30-8(4)12(24,25)26/h5-8H,1-4H3/t5-,6?,7?,8?/m0/s1. The van der Waals surface area contributed by atoms with Crippen molar-refractivity contribution in [2.45, 2.75) is 76.8 Å². The van der Waals surface area contributed by atoms with Crippen LogP contribution in [0.4, 0.5) is 52.7 Å². The van der Waals surface area contributed by atoms with Crippen LogP contribution in [0, 0.1) is 0 Å². The molecule has 0 fully saturated rings. The summed E-state index contributed by atoms with van der Waals surface area (Å²) in [4.78, 5) is 0. The molecule has 0 N–H and O–H groups in total. The van der Waals surface area contributed by atoms with Crippen LogP contribution in [-0.4, -0.2) is 63.1 Å². The second kappa shape index (κ2) is 10.2. The van der Waals surface area contributed by atoms with Crippen LogP contribution in [-0.2, 0) is 18.6 Å². The molecule has 0 saturated heterocycles. The summed E-state index contributed by atoms with van der Waals surface area (Å²) in [5.41, 5.74) is 0. The van der Waals surface area contributed by atoms with E-state index < -0.39 is 63.1 Å². The molecule has 0 bridgehead atoms. The molecule has 0 aromatic carbocycles. The van der Waals surface area contributed by atoms with Gasteiger partial charge >= 0.3 is 38.7 Å². The van der Waals surface area contributed by atoms with Crippen molar-refractivity contribution < 1.29 is 71.3 Å². The van der Waals surface area contributed by atoms with Gasteiger partial charge < -0.3 is 18.6 Å². The molecule has 0 radical (unpaired) electrons. The van der Waals surface area contributed by atoms with Gasteiger partial charge in [-0.1, -0.05) is 0 Å². The lowest BCUT2D eigenvalue weighted by molar-refractivity contribution is -0.215. The van der Waals surface area contributed by atoms with Gasteiger partial charge in [-0.2, -0.15) is 52.7 Å². The van der Waals surface area contributed by atoms with E-state index in [1.165, 1.54) is 0 Å². The molecule has 3 unspecified atom stereocenters. The van der Waals surface area contributed by atoms with E-state index in [1.807, 2.05) is 0 Å². The first kappa shape index (κ1) is 29.1. The lowest BCUT2D eigenvalue weighted by atomic mass is 9.48. The molecule has 4 atom stereocenters. The fourth-order valence-electron chi connectivity index (χ4n) is 1.43. The number of alkyl halides is 12. The molecule has 18 heteroatoms. The van der Waals surface area contributed by atoms with E-state index in [0.29, 0.717) is 0 Å². The van der Waals surface area contributed by atoms with E-state index in [2.05, 4.69) is 18.6 Å². The molecule has 0 aliphatic rings. The summed E-state index contributed by atoms with van der Waals surface area (Å²) >= 11 is 0. The van der Waals surface area contributed by atoms with E-state index in [0.717, 1.165) is 0 Å². The van der Waals surface area contributed by atoms with Gasteiger partial charge in [0.05, 0.1) is 0 Å². The Morgan fingerprint density at radius 1 is 0.400 bits per heavy atom. The third-order valence-corrected chi connectivity index (χ3v) is 3.42. The van der Waals surface area contributed by atoms with Crippen LogP contribution in [0.1, 0.15) is 27.7 Å². The minimum absolute atomic E-state index is 0.242. The Balaban J connectivity index is 5.98. The molecule has 0 saturated carbocycles. The van der Waals surface area contributed by atoms with E-state index in [1.54, 1.807) is 0 Å². The van der Waals surface area contributed by atoms with Crippen LogP contribution in [0.3, 0.4) is 0 Å². The fourth-order valence-corrected chi connectivity index (χ4v) is 1.43. The maximum absolute atomic E-state index is 12.7. The first-order chi connectivity index (χ1) is 13.1. The van der Waals surface area contributed by atoms with Gasteiger partial charge in [0.2, 0.25) is 0 Å². The van der Waals surface area contributed by atoms with E-state index in [9.17, 15) is 52.7 Å². The van der Waals surface area contributed by atoms with Crippen LogP contribution in [0.15, 0.2) is 0 Å². The summed E-state index contributed by atoms with van der Waals surface area (Å²) in [6, 6.07) is 0. The first-order valence-electron chi connectivity index (χ1n) is 7.95. The van der Waals surface area contributed by atoms with Gasteiger partial charge in [0.1, 0.15) is 24.4 Å². The molecule has 30 heavy (non-hydrogen) atoms. The summed E-state index contributed by atoms with van der Waals surface area (Å²) in [6.07, 6.45) is -32.8. The molecular formula is C12H16B2F12O4. The van der Waals surface area contributed by atoms with Crippen LogP contribution < -0.4 is 0 Å². The first-order valence-corrected chi connectivity index (χ1v) is 7.95. The molecule has 0 aromatic heterocycles. The van der Waals surface area contributed by atoms with Crippen molar-refractivity contribution in [3.63, 3.8) is 0 Å². The molecular weight excluding hydrogens is 458 g/mol. The third kappa shape index (κ3) is 9.96. The van der Waals surface area contributed by atoms with Crippen molar-refractivity contribution in [3.8, 4) is 0 Å². The van der Waals surface area contributed by atoms with Crippen molar-refractivity contribution >= 4 is 14.0 Å². The molecule has 0 spiro atoms. The number of hydrogen-bond donors (Lipinski definition) is 0. The molecule has 0 aliphatic heterocycles. The zero-order valence-electron chi connectivity index (χ0n) is 15.6. The summed E-state index contributed by atoms with van der Waals surface area (Å²) in [6.45, 7) is 0.968. The van der Waals surface area contributed by atoms with Gasteiger partial charge in [0.25, 0.3) is 0 Å². The summed E-state index contributed by atoms with van der Waals surface area (Å²) in [7, 11) is -6.12. The fraction of sp³-hybridized carbons (Fsp3) is 1.00. The van der Waals surface area contributed by atoms with Gasteiger partial charge in [0, 0.05) is 0 Å². The van der Waals surface area contributed by atoms with Crippen LogP contribution in [0.2, 0.25) is 0 Å². The smallest absolute Gasteiger partial charge is 0.402 e. The van der Waals surface area contributed by atoms with Crippen molar-refractivity contribution in [1.29, 1.82) is 0 Å². The Hall–Kier alpha value is -0.870. The average molecular weight is 474 g/mol. The Kier molecular flexibility index (Phi) is 9.87. The highest BCUT2D eigenvalue weighted by Crippen LogP contribution is 2.31. The van der Waals surface area contributed by atoms with Crippen LogP contribution in [0.25, 0.3) is 0 Å².